The SMILES string of the molecule is C=C(C)Cc1ccc(C(=CC(=C)C2CCCCC2)C2=C(C)C(C(CCC)CCCC(=C)CCC)C=C2)cc1. The molecule has 3 rings (SSSR count). The van der Waals surface area contributed by atoms with Crippen LogP contribution in [0.25, 0.3) is 5.57 Å². The zero-order valence-corrected chi connectivity index (χ0v) is 25.1. The summed E-state index contributed by atoms with van der Waals surface area (Å²) in [6.07, 6.45) is 23.6. The standard InChI is InChI=1S/C38H54/c1-8-14-29(5)16-13-19-34(15-9-2)36-24-25-37(31(36)7)38(27-30(6)33-17-11-10-12-18-33)35-22-20-32(21-23-35)26-28(3)4/h20-25,27,33-34,36H,3,5-6,8-19,26H2,1-2,4,7H3. The fourth-order valence-corrected chi connectivity index (χ4v) is 6.68. The van der Waals surface area contributed by atoms with Gasteiger partial charge in [0.15, 0.2) is 0 Å². The Morgan fingerprint density at radius 3 is 2.29 bits per heavy atom. The summed E-state index contributed by atoms with van der Waals surface area (Å²) in [5.74, 6) is 1.88. The lowest BCUT2D eigenvalue weighted by molar-refractivity contribution is 0.368. The highest BCUT2D eigenvalue weighted by Crippen LogP contribution is 2.42. The van der Waals surface area contributed by atoms with Crippen LogP contribution in [0, 0.1) is 17.8 Å². The molecule has 2 unspecified atom stereocenters. The van der Waals surface area contributed by atoms with Crippen molar-refractivity contribution in [3.63, 3.8) is 0 Å². The Balaban J connectivity index is 1.89. The summed E-state index contributed by atoms with van der Waals surface area (Å²) in [6, 6.07) is 9.22. The van der Waals surface area contributed by atoms with Crippen LogP contribution in [-0.2, 0) is 6.42 Å². The molecule has 0 N–H and O–H groups in total. The van der Waals surface area contributed by atoms with E-state index < -0.39 is 0 Å². The maximum atomic E-state index is 4.61. The number of rotatable bonds is 15. The third kappa shape index (κ3) is 8.59. The van der Waals surface area contributed by atoms with E-state index >= 15 is 0 Å². The van der Waals surface area contributed by atoms with E-state index in [0.29, 0.717) is 17.8 Å². The van der Waals surface area contributed by atoms with Crippen molar-refractivity contribution in [2.24, 2.45) is 17.8 Å². The second-order valence-electron chi connectivity index (χ2n) is 12.2. The van der Waals surface area contributed by atoms with Gasteiger partial charge in [0.25, 0.3) is 0 Å². The highest BCUT2D eigenvalue weighted by atomic mass is 14.3. The molecule has 0 bridgehead atoms. The molecule has 1 aromatic rings. The summed E-state index contributed by atoms with van der Waals surface area (Å²) in [5, 5.41) is 0. The third-order valence-corrected chi connectivity index (χ3v) is 8.79. The lowest BCUT2D eigenvalue weighted by atomic mass is 9.79. The van der Waals surface area contributed by atoms with Crippen LogP contribution < -0.4 is 0 Å². The fourth-order valence-electron chi connectivity index (χ4n) is 6.68. The van der Waals surface area contributed by atoms with Gasteiger partial charge >= 0.3 is 0 Å². The summed E-state index contributed by atoms with van der Waals surface area (Å²) in [7, 11) is 0. The van der Waals surface area contributed by atoms with E-state index in [-0.39, 0.29) is 0 Å². The Bertz CT molecular complexity index is 1030. The van der Waals surface area contributed by atoms with Crippen molar-refractivity contribution >= 4 is 5.57 Å². The van der Waals surface area contributed by atoms with Gasteiger partial charge < -0.3 is 0 Å². The predicted molar refractivity (Wildman–Crippen MR) is 170 cm³/mol. The Kier molecular flexibility index (Phi) is 12.2. The van der Waals surface area contributed by atoms with Gasteiger partial charge in [-0.2, -0.15) is 0 Å². The topological polar surface area (TPSA) is 0 Å². The van der Waals surface area contributed by atoms with Crippen LogP contribution in [0.1, 0.15) is 116 Å². The molecular weight excluding hydrogens is 456 g/mol. The molecule has 1 saturated carbocycles. The first-order chi connectivity index (χ1) is 18.3. The third-order valence-electron chi connectivity index (χ3n) is 8.79. The average Bonchev–Trinajstić information content (AvgIpc) is 3.28. The first-order valence-electron chi connectivity index (χ1n) is 15.5. The molecule has 0 spiro atoms. The highest BCUT2D eigenvalue weighted by Gasteiger charge is 2.27. The molecule has 0 aliphatic heterocycles. The summed E-state index contributed by atoms with van der Waals surface area (Å²) < 4.78 is 0. The van der Waals surface area contributed by atoms with Crippen molar-refractivity contribution in [1.29, 1.82) is 0 Å². The smallest absolute Gasteiger partial charge is 0.00148 e. The fraction of sp³-hybridized carbons (Fsp3) is 0.526. The van der Waals surface area contributed by atoms with Crippen molar-refractivity contribution < 1.29 is 0 Å². The first-order valence-corrected chi connectivity index (χ1v) is 15.5. The molecule has 2 aliphatic rings. The van der Waals surface area contributed by atoms with Crippen LogP contribution in [0.2, 0.25) is 0 Å². The maximum absolute atomic E-state index is 4.61. The zero-order chi connectivity index (χ0) is 27.5. The number of hydrogen-bond donors (Lipinski definition) is 0. The van der Waals surface area contributed by atoms with E-state index in [9.17, 15) is 0 Å². The molecule has 2 aliphatic carbocycles. The minimum atomic E-state index is 0.540. The van der Waals surface area contributed by atoms with Gasteiger partial charge in [-0.15, -0.1) is 0 Å². The second-order valence-corrected chi connectivity index (χ2v) is 12.2. The van der Waals surface area contributed by atoms with Crippen molar-refractivity contribution in [2.75, 3.05) is 0 Å². The van der Waals surface area contributed by atoms with Gasteiger partial charge in [-0.1, -0.05) is 130 Å². The van der Waals surface area contributed by atoms with Crippen molar-refractivity contribution in [2.45, 2.75) is 111 Å². The molecule has 1 aromatic carbocycles. The van der Waals surface area contributed by atoms with E-state index in [4.69, 9.17) is 0 Å². The summed E-state index contributed by atoms with van der Waals surface area (Å²) >= 11 is 0. The van der Waals surface area contributed by atoms with Crippen molar-refractivity contribution in [3.05, 3.63) is 101 Å². The van der Waals surface area contributed by atoms with Crippen LogP contribution in [-0.4, -0.2) is 0 Å². The molecule has 38 heavy (non-hydrogen) atoms. The molecule has 0 saturated heterocycles. The van der Waals surface area contributed by atoms with Crippen LogP contribution in [0.3, 0.4) is 0 Å². The average molecular weight is 511 g/mol. The van der Waals surface area contributed by atoms with Gasteiger partial charge in [0.05, 0.1) is 0 Å². The lowest BCUT2D eigenvalue weighted by Crippen LogP contribution is -2.13. The van der Waals surface area contributed by atoms with E-state index in [2.05, 4.69) is 89.9 Å². The normalized spacial score (nSPS) is 19.2. The molecule has 0 radical (unpaired) electrons. The molecule has 0 heterocycles. The van der Waals surface area contributed by atoms with Crippen LogP contribution in [0.5, 0.6) is 0 Å². The molecular formula is C38H54. The molecule has 2 atom stereocenters. The van der Waals surface area contributed by atoms with Gasteiger partial charge in [-0.3, -0.25) is 0 Å². The second kappa shape index (κ2) is 15.3. The minimum Gasteiger partial charge on any atom is -0.0999 e. The summed E-state index contributed by atoms with van der Waals surface area (Å²) in [4.78, 5) is 0. The van der Waals surface area contributed by atoms with Gasteiger partial charge in [-0.05, 0) is 99.3 Å². The summed E-state index contributed by atoms with van der Waals surface area (Å²) in [5.41, 5.74) is 11.0. The van der Waals surface area contributed by atoms with Crippen LogP contribution in [0.4, 0.5) is 0 Å². The van der Waals surface area contributed by atoms with Gasteiger partial charge in [0.2, 0.25) is 0 Å². The largest absolute Gasteiger partial charge is 0.0999 e. The van der Waals surface area contributed by atoms with Crippen LogP contribution >= 0.6 is 0 Å². The van der Waals surface area contributed by atoms with Crippen molar-refractivity contribution in [1.82, 2.24) is 0 Å². The molecule has 1 fully saturated rings. The maximum Gasteiger partial charge on any atom is 0.00148 e. The molecule has 0 amide bonds. The zero-order valence-electron chi connectivity index (χ0n) is 25.1. The van der Waals surface area contributed by atoms with E-state index in [1.54, 1.807) is 5.57 Å². The lowest BCUT2D eigenvalue weighted by Gasteiger charge is -2.25. The molecule has 0 heteroatoms. The first kappa shape index (κ1) is 30.2. The predicted octanol–water partition coefficient (Wildman–Crippen LogP) is 11.8. The molecule has 0 aromatic heterocycles. The summed E-state index contributed by atoms with van der Waals surface area (Å²) in [6.45, 7) is 22.1. The monoisotopic (exact) mass is 510 g/mol. The van der Waals surface area contributed by atoms with Crippen LogP contribution in [0.15, 0.2) is 90.1 Å². The van der Waals surface area contributed by atoms with Gasteiger partial charge in [-0.25, -0.2) is 0 Å². The number of hydrogen-bond acceptors (Lipinski definition) is 0. The van der Waals surface area contributed by atoms with Gasteiger partial charge in [0, 0.05) is 5.92 Å². The van der Waals surface area contributed by atoms with Gasteiger partial charge in [0.1, 0.15) is 0 Å². The molecule has 206 valence electrons. The number of allylic oxidation sites excluding steroid dienone is 9. The van der Waals surface area contributed by atoms with E-state index in [1.807, 2.05) is 0 Å². The Labute approximate surface area is 235 Å². The quantitative estimate of drug-likeness (QED) is 0.162. The van der Waals surface area contributed by atoms with Crippen molar-refractivity contribution in [3.8, 4) is 0 Å². The Hall–Kier alpha value is -2.34. The molecule has 0 nitrogen and oxygen atoms in total. The minimum absolute atomic E-state index is 0.540. The van der Waals surface area contributed by atoms with E-state index in [0.717, 1.165) is 6.42 Å². The Morgan fingerprint density at radius 1 is 0.947 bits per heavy atom. The highest BCUT2D eigenvalue weighted by molar-refractivity contribution is 5.85. The Morgan fingerprint density at radius 2 is 1.66 bits per heavy atom. The van der Waals surface area contributed by atoms with E-state index in [1.165, 1.54) is 116 Å². The number of benzene rings is 1.